The summed E-state index contributed by atoms with van der Waals surface area (Å²) in [6, 6.07) is 28.6. The van der Waals surface area contributed by atoms with Gasteiger partial charge in [-0.15, -0.1) is 0 Å². The van der Waals surface area contributed by atoms with Gasteiger partial charge in [-0.2, -0.15) is 0 Å². The second kappa shape index (κ2) is 8.09. The fourth-order valence-corrected chi connectivity index (χ4v) is 8.81. The third kappa shape index (κ3) is 3.16. The molecule has 3 heterocycles. The standard InChI is InChI=1S/C38H41BN2/c1-24-13-16-27(17-14-24)40-31-18-15-25(2)21-30(31)39-29-12-10-11-28-35(29)41(38(7)20-9-8-19-37(28,38)6)33-23-26(36(3,4)5)22-32(40)34(33)39/h10-18,21-23H,8-9,19-20H2,1-7H3. The molecule has 2 nitrogen and oxygen atoms in total. The van der Waals surface area contributed by atoms with Crippen molar-refractivity contribution in [1.29, 1.82) is 0 Å². The third-order valence-corrected chi connectivity index (χ3v) is 11.3. The van der Waals surface area contributed by atoms with Crippen molar-refractivity contribution in [3.05, 3.63) is 95.1 Å². The molecule has 0 radical (unpaired) electrons. The Balaban J connectivity index is 1.53. The number of fused-ring (bicyclic) bond motifs is 7. The van der Waals surface area contributed by atoms with E-state index in [2.05, 4.69) is 131 Å². The van der Waals surface area contributed by atoms with Gasteiger partial charge in [0.2, 0.25) is 0 Å². The van der Waals surface area contributed by atoms with Crippen LogP contribution < -0.4 is 26.2 Å². The first-order valence-electron chi connectivity index (χ1n) is 15.6. The van der Waals surface area contributed by atoms with Crippen LogP contribution in [0.15, 0.2) is 72.8 Å². The van der Waals surface area contributed by atoms with Crippen LogP contribution in [0.4, 0.5) is 28.4 Å². The predicted molar refractivity (Wildman–Crippen MR) is 177 cm³/mol. The fraction of sp³-hybridized carbons (Fsp3) is 0.368. The number of aryl methyl sites for hydroxylation is 2. The first kappa shape index (κ1) is 25.3. The highest BCUT2D eigenvalue weighted by Gasteiger charge is 2.61. The molecule has 41 heavy (non-hydrogen) atoms. The summed E-state index contributed by atoms with van der Waals surface area (Å²) in [6.07, 6.45) is 5.10. The molecule has 2 unspecified atom stereocenters. The van der Waals surface area contributed by atoms with Gasteiger partial charge in [0, 0.05) is 33.9 Å². The van der Waals surface area contributed by atoms with Crippen LogP contribution in [0.3, 0.4) is 0 Å². The molecule has 8 rings (SSSR count). The molecule has 3 aliphatic heterocycles. The highest BCUT2D eigenvalue weighted by Crippen LogP contribution is 2.61. The van der Waals surface area contributed by atoms with E-state index in [1.54, 1.807) is 5.56 Å². The maximum atomic E-state index is 2.84. The molecule has 0 aromatic heterocycles. The molecule has 0 bridgehead atoms. The Morgan fingerprint density at radius 3 is 2.20 bits per heavy atom. The highest BCUT2D eigenvalue weighted by molar-refractivity contribution is 7.00. The lowest BCUT2D eigenvalue weighted by molar-refractivity contribution is 0.195. The molecule has 1 saturated carbocycles. The van der Waals surface area contributed by atoms with Crippen LogP contribution in [0, 0.1) is 13.8 Å². The van der Waals surface area contributed by atoms with E-state index in [1.165, 1.54) is 87.2 Å². The first-order valence-corrected chi connectivity index (χ1v) is 15.6. The number of para-hydroxylation sites is 1. The zero-order chi connectivity index (χ0) is 28.5. The molecule has 0 amide bonds. The van der Waals surface area contributed by atoms with Gasteiger partial charge in [0.25, 0.3) is 6.71 Å². The molecule has 4 aromatic carbocycles. The molecule has 0 N–H and O–H groups in total. The number of hydrogen-bond donors (Lipinski definition) is 0. The van der Waals surface area contributed by atoms with E-state index in [4.69, 9.17) is 0 Å². The molecular weight excluding hydrogens is 495 g/mol. The van der Waals surface area contributed by atoms with Crippen LogP contribution in [0.1, 0.15) is 82.6 Å². The van der Waals surface area contributed by atoms with Gasteiger partial charge in [-0.1, -0.05) is 94.1 Å². The summed E-state index contributed by atoms with van der Waals surface area (Å²) in [5.74, 6) is 0. The van der Waals surface area contributed by atoms with E-state index in [-0.39, 0.29) is 23.1 Å². The van der Waals surface area contributed by atoms with Gasteiger partial charge in [0.15, 0.2) is 0 Å². The molecule has 4 aliphatic rings. The van der Waals surface area contributed by atoms with Crippen LogP contribution in [-0.4, -0.2) is 12.3 Å². The Hall–Kier alpha value is -3.46. The van der Waals surface area contributed by atoms with Crippen LogP contribution in [0.2, 0.25) is 0 Å². The Labute approximate surface area is 246 Å². The van der Waals surface area contributed by atoms with Gasteiger partial charge in [0.05, 0.1) is 5.54 Å². The molecule has 1 fully saturated rings. The van der Waals surface area contributed by atoms with Gasteiger partial charge in [-0.3, -0.25) is 0 Å². The first-order chi connectivity index (χ1) is 19.5. The topological polar surface area (TPSA) is 6.48 Å². The molecule has 2 atom stereocenters. The van der Waals surface area contributed by atoms with E-state index in [0.29, 0.717) is 0 Å². The maximum Gasteiger partial charge on any atom is 0.252 e. The quantitative estimate of drug-likeness (QED) is 0.201. The summed E-state index contributed by atoms with van der Waals surface area (Å²) >= 11 is 0. The Morgan fingerprint density at radius 1 is 0.732 bits per heavy atom. The third-order valence-electron chi connectivity index (χ3n) is 11.3. The molecular formula is C38H41BN2. The summed E-state index contributed by atoms with van der Waals surface area (Å²) in [4.78, 5) is 5.40. The van der Waals surface area contributed by atoms with E-state index in [9.17, 15) is 0 Å². The second-order valence-corrected chi connectivity index (χ2v) is 14.7. The van der Waals surface area contributed by atoms with Crippen molar-refractivity contribution in [2.45, 2.75) is 90.5 Å². The van der Waals surface area contributed by atoms with Gasteiger partial charge >= 0.3 is 0 Å². The number of hydrogen-bond acceptors (Lipinski definition) is 2. The van der Waals surface area contributed by atoms with Gasteiger partial charge in [-0.25, -0.2) is 0 Å². The van der Waals surface area contributed by atoms with Gasteiger partial charge < -0.3 is 9.80 Å². The Kier molecular flexibility index (Phi) is 4.99. The molecule has 0 spiro atoms. The molecule has 0 saturated heterocycles. The number of benzene rings is 4. The van der Waals surface area contributed by atoms with Crippen LogP contribution in [-0.2, 0) is 10.8 Å². The van der Waals surface area contributed by atoms with E-state index in [0.717, 1.165) is 0 Å². The number of anilines is 5. The lowest BCUT2D eigenvalue weighted by atomic mass is 9.33. The van der Waals surface area contributed by atoms with E-state index in [1.807, 2.05) is 0 Å². The Morgan fingerprint density at radius 2 is 1.44 bits per heavy atom. The molecule has 3 heteroatoms. The summed E-state index contributed by atoms with van der Waals surface area (Å²) in [5.41, 5.74) is 17.1. The summed E-state index contributed by atoms with van der Waals surface area (Å²) in [6.45, 7) is 16.9. The SMILES string of the molecule is Cc1ccc(N2c3ccc(C)cc3B3c4cccc5c4N(c4cc(C(C)(C)C)cc2c43)C2(C)CCCCC52C)cc1. The number of nitrogens with zero attached hydrogens (tertiary/aromatic N) is 2. The zero-order valence-electron chi connectivity index (χ0n) is 25.7. The minimum Gasteiger partial charge on any atom is -0.335 e. The molecule has 1 aliphatic carbocycles. The minimum atomic E-state index is 0.0316. The summed E-state index contributed by atoms with van der Waals surface area (Å²) in [5, 5.41) is 0. The van der Waals surface area contributed by atoms with Crippen molar-refractivity contribution < 1.29 is 0 Å². The van der Waals surface area contributed by atoms with Crippen LogP contribution in [0.25, 0.3) is 0 Å². The zero-order valence-corrected chi connectivity index (χ0v) is 25.7. The monoisotopic (exact) mass is 536 g/mol. The van der Waals surface area contributed by atoms with E-state index >= 15 is 0 Å². The highest BCUT2D eigenvalue weighted by atomic mass is 15.3. The maximum absolute atomic E-state index is 2.84. The summed E-state index contributed by atoms with van der Waals surface area (Å²) in [7, 11) is 0. The smallest absolute Gasteiger partial charge is 0.252 e. The van der Waals surface area contributed by atoms with Crippen LogP contribution >= 0.6 is 0 Å². The van der Waals surface area contributed by atoms with Crippen molar-refractivity contribution in [3.8, 4) is 0 Å². The average Bonchev–Trinajstić information content (AvgIpc) is 3.15. The van der Waals surface area contributed by atoms with Crippen molar-refractivity contribution in [2.75, 3.05) is 9.80 Å². The number of rotatable bonds is 1. The predicted octanol–water partition coefficient (Wildman–Crippen LogP) is 7.96. The van der Waals surface area contributed by atoms with Crippen molar-refractivity contribution in [2.24, 2.45) is 0 Å². The van der Waals surface area contributed by atoms with Crippen LogP contribution in [0.5, 0.6) is 0 Å². The van der Waals surface area contributed by atoms with Gasteiger partial charge in [0.1, 0.15) is 0 Å². The normalized spacial score (nSPS) is 23.6. The largest absolute Gasteiger partial charge is 0.335 e. The van der Waals surface area contributed by atoms with E-state index < -0.39 is 0 Å². The fourth-order valence-electron chi connectivity index (χ4n) is 8.81. The molecule has 4 aromatic rings. The lowest BCUT2D eigenvalue weighted by Crippen LogP contribution is -2.64. The Bertz CT molecular complexity index is 1750. The van der Waals surface area contributed by atoms with Crippen molar-refractivity contribution >= 4 is 51.5 Å². The summed E-state index contributed by atoms with van der Waals surface area (Å²) < 4.78 is 0. The average molecular weight is 537 g/mol. The molecule has 206 valence electrons. The van der Waals surface area contributed by atoms with Crippen molar-refractivity contribution in [1.82, 2.24) is 0 Å². The van der Waals surface area contributed by atoms with Crippen molar-refractivity contribution in [3.63, 3.8) is 0 Å². The minimum absolute atomic E-state index is 0.0316. The lowest BCUT2D eigenvalue weighted by Gasteiger charge is -2.53. The second-order valence-electron chi connectivity index (χ2n) is 14.7. The van der Waals surface area contributed by atoms with Gasteiger partial charge in [-0.05, 0) is 96.9 Å².